The molecule has 0 spiro atoms. The van der Waals surface area contributed by atoms with Crippen molar-refractivity contribution < 1.29 is 9.36 Å². The second-order valence-corrected chi connectivity index (χ2v) is 10.0. The third kappa shape index (κ3) is 9.93. The fourth-order valence-electron chi connectivity index (χ4n) is 0.954. The highest BCUT2D eigenvalue weighted by molar-refractivity contribution is 8.24. The topological polar surface area (TPSA) is 62.8 Å². The van der Waals surface area contributed by atoms with E-state index in [2.05, 4.69) is 50.6 Å². The number of H-pyrrole nitrogens is 1. The van der Waals surface area contributed by atoms with Gasteiger partial charge >= 0.3 is 5.20 Å². The van der Waals surface area contributed by atoms with Gasteiger partial charge in [0.25, 0.3) is 0 Å². The van der Waals surface area contributed by atoms with Crippen LogP contribution in [0.15, 0.2) is 0 Å². The summed E-state index contributed by atoms with van der Waals surface area (Å²) in [4.78, 5) is 17.2. The number of carbonyl (C=O) groups excluding carboxylic acids is 1. The number of imidazole rings is 1. The normalized spacial score (nSPS) is 10.6. The highest BCUT2D eigenvalue weighted by Gasteiger charge is 2.05. The van der Waals surface area contributed by atoms with Crippen LogP contribution in [0.3, 0.4) is 0 Å². The Hall–Kier alpha value is 0.270. The number of halogens is 4. The number of aromatic amines is 1. The van der Waals surface area contributed by atoms with E-state index in [1.807, 2.05) is 0 Å². The molecule has 0 radical (unpaired) electrons. The fraction of sp³-hybridized carbons (Fsp3) is 0.500. The maximum absolute atomic E-state index is 10.3. The molecule has 0 amide bonds. The summed E-state index contributed by atoms with van der Waals surface area (Å²) in [6.45, 7) is 2.10. The van der Waals surface area contributed by atoms with E-state index in [9.17, 15) is 9.36 Å². The van der Waals surface area contributed by atoms with Crippen molar-refractivity contribution in [3.63, 3.8) is 0 Å². The zero-order valence-electron chi connectivity index (χ0n) is 8.92. The predicted molar refractivity (Wildman–Crippen MR) is 72.8 cm³/mol. The van der Waals surface area contributed by atoms with Gasteiger partial charge in [0.05, 0.1) is 0 Å². The van der Waals surface area contributed by atoms with E-state index in [1.165, 1.54) is 0 Å². The SMILES string of the molecule is CCCCc1nc(C=O)c(Cl)[nH]1.O=P(Cl)(Cl)Cl. The van der Waals surface area contributed by atoms with E-state index in [0.29, 0.717) is 17.1 Å². The Morgan fingerprint density at radius 1 is 1.41 bits per heavy atom. The van der Waals surface area contributed by atoms with Gasteiger partial charge in [-0.2, -0.15) is 0 Å². The number of nitrogens with one attached hydrogen (secondary N) is 1. The van der Waals surface area contributed by atoms with Gasteiger partial charge in [0.15, 0.2) is 6.29 Å². The minimum atomic E-state index is -3.22. The van der Waals surface area contributed by atoms with Crippen LogP contribution < -0.4 is 0 Å². The van der Waals surface area contributed by atoms with E-state index in [4.69, 9.17) is 11.6 Å². The van der Waals surface area contributed by atoms with Crippen molar-refractivity contribution in [1.29, 1.82) is 0 Å². The number of unbranched alkanes of at least 4 members (excludes halogenated alkanes) is 1. The van der Waals surface area contributed by atoms with Gasteiger partial charge < -0.3 is 4.98 Å². The summed E-state index contributed by atoms with van der Waals surface area (Å²) in [5, 5.41) is -2.88. The largest absolute Gasteiger partial charge is 0.339 e. The molecule has 0 unspecified atom stereocenters. The van der Waals surface area contributed by atoms with Crippen LogP contribution >= 0.6 is 50.5 Å². The maximum Gasteiger partial charge on any atom is 0.339 e. The fourth-order valence-corrected chi connectivity index (χ4v) is 1.15. The molecule has 0 aromatic carbocycles. The first-order chi connectivity index (χ1) is 7.77. The first-order valence-corrected chi connectivity index (χ1v) is 9.46. The second-order valence-electron chi connectivity index (χ2n) is 3.00. The van der Waals surface area contributed by atoms with Crippen molar-refractivity contribution >= 4 is 56.8 Å². The monoisotopic (exact) mass is 338 g/mol. The lowest BCUT2D eigenvalue weighted by Crippen LogP contribution is -1.87. The van der Waals surface area contributed by atoms with Crippen LogP contribution in [0.25, 0.3) is 0 Å². The van der Waals surface area contributed by atoms with Gasteiger partial charge in [-0.25, -0.2) is 4.98 Å². The van der Waals surface area contributed by atoms with Crippen LogP contribution in [0.5, 0.6) is 0 Å². The summed E-state index contributed by atoms with van der Waals surface area (Å²) in [5.74, 6) is 0.795. The number of rotatable bonds is 4. The minimum absolute atomic E-state index is 0.308. The third-order valence-electron chi connectivity index (χ3n) is 1.61. The first kappa shape index (κ1) is 17.3. The molecule has 1 N–H and O–H groups in total. The van der Waals surface area contributed by atoms with Gasteiger partial charge in [0.2, 0.25) is 0 Å². The third-order valence-corrected chi connectivity index (χ3v) is 1.90. The van der Waals surface area contributed by atoms with E-state index in [-0.39, 0.29) is 0 Å². The molecule has 0 fully saturated rings. The molecule has 0 aliphatic carbocycles. The zero-order valence-corrected chi connectivity index (χ0v) is 12.8. The number of aldehydes is 1. The van der Waals surface area contributed by atoms with Crippen molar-refractivity contribution in [2.45, 2.75) is 26.2 Å². The summed E-state index contributed by atoms with van der Waals surface area (Å²) < 4.78 is 9.51. The maximum atomic E-state index is 10.3. The molecule has 0 atom stereocenters. The zero-order chi connectivity index (χ0) is 13.5. The van der Waals surface area contributed by atoms with Crippen molar-refractivity contribution in [2.75, 3.05) is 0 Å². The molecule has 0 aliphatic heterocycles. The number of hydrogen-bond donors (Lipinski definition) is 1. The number of nitrogens with zero attached hydrogens (tertiary/aromatic N) is 1. The van der Waals surface area contributed by atoms with Gasteiger partial charge in [-0.15, -0.1) is 0 Å². The number of hydrogen-bond acceptors (Lipinski definition) is 3. The molecule has 1 aromatic heterocycles. The summed E-state index contributed by atoms with van der Waals surface area (Å²) >= 11 is 19.5. The molecule has 0 bridgehead atoms. The van der Waals surface area contributed by atoms with Crippen LogP contribution in [0.4, 0.5) is 0 Å². The lowest BCUT2D eigenvalue weighted by molar-refractivity contribution is 0.111. The van der Waals surface area contributed by atoms with Crippen LogP contribution in [0.1, 0.15) is 36.1 Å². The molecule has 1 aromatic rings. The van der Waals surface area contributed by atoms with Crippen LogP contribution in [-0.4, -0.2) is 16.3 Å². The Balaban J connectivity index is 0.000000437. The summed E-state index contributed by atoms with van der Waals surface area (Å²) in [6, 6.07) is 0. The van der Waals surface area contributed by atoms with Crippen molar-refractivity contribution in [3.05, 3.63) is 16.7 Å². The molecule has 4 nitrogen and oxygen atoms in total. The van der Waals surface area contributed by atoms with Crippen molar-refractivity contribution in [2.24, 2.45) is 0 Å². The smallest absolute Gasteiger partial charge is 0.332 e. The van der Waals surface area contributed by atoms with Gasteiger partial charge in [-0.1, -0.05) is 24.9 Å². The Kier molecular flexibility index (Phi) is 8.52. The number of aryl methyl sites for hydroxylation is 1. The quantitative estimate of drug-likeness (QED) is 0.618. The summed E-state index contributed by atoms with van der Waals surface area (Å²) in [5.41, 5.74) is 0.308. The molecule has 1 heterocycles. The molecule has 0 saturated heterocycles. The second kappa shape index (κ2) is 8.39. The van der Waals surface area contributed by atoms with E-state index < -0.39 is 5.20 Å². The lowest BCUT2D eigenvalue weighted by Gasteiger charge is -1.90. The molecule has 0 saturated carbocycles. The number of aromatic nitrogens is 2. The van der Waals surface area contributed by atoms with E-state index in [0.717, 1.165) is 25.1 Å². The van der Waals surface area contributed by atoms with Crippen LogP contribution in [0, 0.1) is 0 Å². The molecular formula is C8H11Cl4N2O2P. The summed E-state index contributed by atoms with van der Waals surface area (Å²) in [6.07, 6.45) is 3.68. The van der Waals surface area contributed by atoms with Crippen LogP contribution in [0.2, 0.25) is 5.15 Å². The van der Waals surface area contributed by atoms with Crippen molar-refractivity contribution in [1.82, 2.24) is 9.97 Å². The van der Waals surface area contributed by atoms with Crippen molar-refractivity contribution in [3.8, 4) is 0 Å². The van der Waals surface area contributed by atoms with E-state index >= 15 is 0 Å². The van der Waals surface area contributed by atoms with Gasteiger partial charge in [0.1, 0.15) is 16.7 Å². The van der Waals surface area contributed by atoms with E-state index in [1.54, 1.807) is 0 Å². The first-order valence-electron chi connectivity index (χ1n) is 4.66. The average molecular weight is 340 g/mol. The lowest BCUT2D eigenvalue weighted by atomic mass is 10.2. The molecule has 9 heteroatoms. The molecular weight excluding hydrogens is 329 g/mol. The Morgan fingerprint density at radius 2 is 1.94 bits per heavy atom. The summed E-state index contributed by atoms with van der Waals surface area (Å²) in [7, 11) is 0. The van der Waals surface area contributed by atoms with Gasteiger partial charge in [-0.05, 0) is 40.1 Å². The predicted octanol–water partition coefficient (Wildman–Crippen LogP) is 5.03. The highest BCUT2D eigenvalue weighted by atomic mass is 36.0. The molecule has 17 heavy (non-hydrogen) atoms. The van der Waals surface area contributed by atoms with Gasteiger partial charge in [0, 0.05) is 6.42 Å². The number of carbonyl (C=O) groups is 1. The highest BCUT2D eigenvalue weighted by Crippen LogP contribution is 2.61. The molecule has 1 rings (SSSR count). The Bertz CT molecular complexity index is 396. The molecule has 0 aliphatic rings. The molecule has 98 valence electrons. The van der Waals surface area contributed by atoms with Crippen LogP contribution in [-0.2, 0) is 11.0 Å². The Labute approximate surface area is 119 Å². The average Bonchev–Trinajstić information content (AvgIpc) is 2.53. The standard InChI is InChI=1S/C8H11ClN2O.Cl3OP/c1-2-3-4-7-10-6(5-12)8(9)11-7;1-5(2,3)4/h5H,2-4H2,1H3,(H,10,11);. The Morgan fingerprint density at radius 3 is 2.29 bits per heavy atom. The van der Waals surface area contributed by atoms with Gasteiger partial charge in [-0.3, -0.25) is 9.36 Å². The minimum Gasteiger partial charge on any atom is -0.332 e.